The summed E-state index contributed by atoms with van der Waals surface area (Å²) < 4.78 is 27.6. The summed E-state index contributed by atoms with van der Waals surface area (Å²) in [7, 11) is 0. The molecule has 1 aliphatic rings. The lowest BCUT2D eigenvalue weighted by atomic mass is 9.87. The first-order valence-corrected chi connectivity index (χ1v) is 11.7. The van der Waals surface area contributed by atoms with Crippen LogP contribution in [0, 0.1) is 18.6 Å². The molecule has 178 valence electrons. The maximum absolute atomic E-state index is 13.8. The van der Waals surface area contributed by atoms with Crippen molar-refractivity contribution >= 4 is 5.91 Å². The topological polar surface area (TPSA) is 61.4 Å². The van der Waals surface area contributed by atoms with Crippen LogP contribution in [-0.4, -0.2) is 29.7 Å². The van der Waals surface area contributed by atoms with Crippen molar-refractivity contribution in [2.75, 3.05) is 6.54 Å². The van der Waals surface area contributed by atoms with Gasteiger partial charge in [-0.05, 0) is 73.6 Å². The van der Waals surface area contributed by atoms with Gasteiger partial charge in [-0.3, -0.25) is 4.79 Å². The van der Waals surface area contributed by atoms with Crippen LogP contribution in [0.25, 0.3) is 0 Å². The molecule has 0 heterocycles. The Kier molecular flexibility index (Phi) is 7.70. The zero-order valence-corrected chi connectivity index (χ0v) is 19.2. The lowest BCUT2D eigenvalue weighted by Crippen LogP contribution is -2.49. The monoisotopic (exact) mass is 464 g/mol. The van der Waals surface area contributed by atoms with Crippen molar-refractivity contribution in [1.82, 2.24) is 10.6 Å². The largest absolute Gasteiger partial charge is 0.390 e. The van der Waals surface area contributed by atoms with E-state index in [-0.39, 0.29) is 24.9 Å². The van der Waals surface area contributed by atoms with Crippen LogP contribution >= 0.6 is 0 Å². The molecule has 0 spiro atoms. The van der Waals surface area contributed by atoms with E-state index in [4.69, 9.17) is 0 Å². The number of rotatable bonds is 8. The molecule has 3 N–H and O–H groups in total. The molecule has 34 heavy (non-hydrogen) atoms. The van der Waals surface area contributed by atoms with Gasteiger partial charge in [0.2, 0.25) is 0 Å². The molecule has 0 radical (unpaired) electrons. The molecule has 0 saturated heterocycles. The van der Waals surface area contributed by atoms with Crippen LogP contribution in [0.5, 0.6) is 0 Å². The number of carbonyl (C=O) groups is 1. The highest BCUT2D eigenvalue weighted by Gasteiger charge is 2.26. The molecular weight excluding hydrogens is 434 g/mol. The van der Waals surface area contributed by atoms with Crippen LogP contribution in [0.1, 0.15) is 51.5 Å². The second kappa shape index (κ2) is 10.9. The highest BCUT2D eigenvalue weighted by atomic mass is 19.1. The summed E-state index contributed by atoms with van der Waals surface area (Å²) in [6.45, 7) is 2.13. The number of aliphatic hydroxyl groups is 1. The van der Waals surface area contributed by atoms with Crippen molar-refractivity contribution in [2.24, 2.45) is 0 Å². The second-order valence-corrected chi connectivity index (χ2v) is 9.05. The summed E-state index contributed by atoms with van der Waals surface area (Å²) in [6.07, 6.45) is 2.18. The van der Waals surface area contributed by atoms with Gasteiger partial charge in [0.25, 0.3) is 5.91 Å². The fourth-order valence-electron chi connectivity index (χ4n) is 4.68. The lowest BCUT2D eigenvalue weighted by molar-refractivity contribution is 0.0823. The van der Waals surface area contributed by atoms with E-state index in [0.717, 1.165) is 30.9 Å². The first-order valence-electron chi connectivity index (χ1n) is 11.7. The van der Waals surface area contributed by atoms with Crippen LogP contribution in [0.2, 0.25) is 0 Å². The van der Waals surface area contributed by atoms with Crippen LogP contribution in [-0.2, 0) is 12.8 Å². The van der Waals surface area contributed by atoms with Gasteiger partial charge in [-0.25, -0.2) is 8.78 Å². The average Bonchev–Trinajstić information content (AvgIpc) is 2.81. The number of carbonyl (C=O) groups excluding carboxylic acids is 1. The molecule has 3 aromatic rings. The zero-order valence-electron chi connectivity index (χ0n) is 19.2. The van der Waals surface area contributed by atoms with E-state index >= 15 is 0 Å². The standard InChI is InChI=1S/C28H30F2N2O2/c1-18-6-4-9-21(12-18)28(34)32-26(15-19-13-22(29)16-23(30)14-19)27(33)17-31-25-11-5-8-20-7-2-3-10-24(20)25/h2-4,6-7,9-10,12-14,16,25-27,31,33H,5,8,11,15,17H2,1H3,(H,32,34)/t25-,26+,27-/m0/s1. The summed E-state index contributed by atoms with van der Waals surface area (Å²) in [5.74, 6) is -1.72. The second-order valence-electron chi connectivity index (χ2n) is 9.05. The number of fused-ring (bicyclic) bond motifs is 1. The molecule has 0 fully saturated rings. The number of nitrogens with one attached hydrogen (secondary N) is 2. The smallest absolute Gasteiger partial charge is 0.251 e. The molecule has 3 aromatic carbocycles. The van der Waals surface area contributed by atoms with Crippen LogP contribution in [0.4, 0.5) is 8.78 Å². The normalized spacial score (nSPS) is 17.0. The first-order chi connectivity index (χ1) is 16.4. The van der Waals surface area contributed by atoms with E-state index in [1.165, 1.54) is 23.3 Å². The van der Waals surface area contributed by atoms with Crippen LogP contribution in [0.3, 0.4) is 0 Å². The van der Waals surface area contributed by atoms with E-state index in [1.807, 2.05) is 25.1 Å². The molecular formula is C28H30F2N2O2. The van der Waals surface area contributed by atoms with Crippen molar-refractivity contribution in [3.63, 3.8) is 0 Å². The molecule has 3 atom stereocenters. The van der Waals surface area contributed by atoms with Gasteiger partial charge in [0.1, 0.15) is 11.6 Å². The Balaban J connectivity index is 1.50. The number of amides is 1. The quantitative estimate of drug-likeness (QED) is 0.455. The zero-order chi connectivity index (χ0) is 24.1. The molecule has 0 unspecified atom stereocenters. The third-order valence-corrected chi connectivity index (χ3v) is 6.38. The molecule has 1 aliphatic carbocycles. The third kappa shape index (κ3) is 6.07. The summed E-state index contributed by atoms with van der Waals surface area (Å²) in [4.78, 5) is 12.9. The van der Waals surface area contributed by atoms with Crippen molar-refractivity contribution in [3.05, 3.63) is 106 Å². The summed E-state index contributed by atoms with van der Waals surface area (Å²) >= 11 is 0. The maximum Gasteiger partial charge on any atom is 0.251 e. The average molecular weight is 465 g/mol. The number of aryl methyl sites for hydroxylation is 2. The molecule has 1 amide bonds. The predicted molar refractivity (Wildman–Crippen MR) is 129 cm³/mol. The van der Waals surface area contributed by atoms with Gasteiger partial charge >= 0.3 is 0 Å². The van der Waals surface area contributed by atoms with Crippen molar-refractivity contribution in [1.29, 1.82) is 0 Å². The number of hydrogen-bond donors (Lipinski definition) is 3. The number of benzene rings is 3. The van der Waals surface area contributed by atoms with Crippen molar-refractivity contribution in [2.45, 2.75) is 50.8 Å². The SMILES string of the molecule is Cc1cccc(C(=O)N[C@H](Cc2cc(F)cc(F)c2)[C@@H](O)CN[C@H]2CCCc3ccccc32)c1. The van der Waals surface area contributed by atoms with Gasteiger partial charge in [0, 0.05) is 24.2 Å². The summed E-state index contributed by atoms with van der Waals surface area (Å²) in [5, 5.41) is 17.4. The Morgan fingerprint density at radius 3 is 2.59 bits per heavy atom. The molecule has 0 aromatic heterocycles. The Morgan fingerprint density at radius 1 is 1.06 bits per heavy atom. The van der Waals surface area contributed by atoms with Crippen molar-refractivity contribution in [3.8, 4) is 0 Å². The maximum atomic E-state index is 13.8. The Hall–Kier alpha value is -3.09. The highest BCUT2D eigenvalue weighted by molar-refractivity contribution is 5.94. The van der Waals surface area contributed by atoms with E-state index in [1.54, 1.807) is 18.2 Å². The van der Waals surface area contributed by atoms with Crippen molar-refractivity contribution < 1.29 is 18.7 Å². The molecule has 0 bridgehead atoms. The molecule has 4 rings (SSSR count). The lowest BCUT2D eigenvalue weighted by Gasteiger charge is -2.30. The van der Waals surface area contributed by atoms with Gasteiger partial charge < -0.3 is 15.7 Å². The first kappa shape index (κ1) is 24.0. The Bertz CT molecular complexity index is 1130. The van der Waals surface area contributed by atoms with E-state index < -0.39 is 23.8 Å². The van der Waals surface area contributed by atoms with E-state index in [9.17, 15) is 18.7 Å². The van der Waals surface area contributed by atoms with Gasteiger partial charge in [0.05, 0.1) is 12.1 Å². The number of halogens is 2. The minimum atomic E-state index is -0.964. The molecule has 0 aliphatic heterocycles. The minimum absolute atomic E-state index is 0.0936. The summed E-state index contributed by atoms with van der Waals surface area (Å²) in [5.41, 5.74) is 4.31. The Labute approximate surface area is 199 Å². The van der Waals surface area contributed by atoms with Crippen LogP contribution < -0.4 is 10.6 Å². The van der Waals surface area contributed by atoms with E-state index in [0.29, 0.717) is 11.1 Å². The fraction of sp³-hybridized carbons (Fsp3) is 0.321. The third-order valence-electron chi connectivity index (χ3n) is 6.38. The minimum Gasteiger partial charge on any atom is -0.390 e. The fourth-order valence-corrected chi connectivity index (χ4v) is 4.68. The molecule has 4 nitrogen and oxygen atoms in total. The van der Waals surface area contributed by atoms with Gasteiger partial charge in [0.15, 0.2) is 0 Å². The predicted octanol–water partition coefficient (Wildman–Crippen LogP) is 4.64. The highest BCUT2D eigenvalue weighted by Crippen LogP contribution is 2.29. The molecule has 6 heteroatoms. The van der Waals surface area contributed by atoms with Gasteiger partial charge in [-0.2, -0.15) is 0 Å². The van der Waals surface area contributed by atoms with Gasteiger partial charge in [-0.15, -0.1) is 0 Å². The number of hydrogen-bond acceptors (Lipinski definition) is 3. The van der Waals surface area contributed by atoms with Gasteiger partial charge in [-0.1, -0.05) is 42.0 Å². The number of aliphatic hydroxyl groups excluding tert-OH is 1. The molecule has 0 saturated carbocycles. The van der Waals surface area contributed by atoms with Crippen LogP contribution in [0.15, 0.2) is 66.7 Å². The Morgan fingerprint density at radius 2 is 1.82 bits per heavy atom. The summed E-state index contributed by atoms with van der Waals surface area (Å²) in [6, 6.07) is 18.1. The van der Waals surface area contributed by atoms with E-state index in [2.05, 4.69) is 22.8 Å².